The Labute approximate surface area is 228 Å². The van der Waals surface area contributed by atoms with Crippen LogP contribution in [-0.4, -0.2) is 63.2 Å². The number of aromatic nitrogens is 2. The Kier molecular flexibility index (Phi) is 11.8. The maximum Gasteiger partial charge on any atom is 0.406 e. The third-order valence-corrected chi connectivity index (χ3v) is 8.36. The summed E-state index contributed by atoms with van der Waals surface area (Å²) in [5.41, 5.74) is -2.65. The number of aromatic amines is 1. The molecule has 0 spiro atoms. The summed E-state index contributed by atoms with van der Waals surface area (Å²) in [6, 6.07) is -1.06. The zero-order valence-corrected chi connectivity index (χ0v) is 24.5. The third kappa shape index (κ3) is 9.58. The van der Waals surface area contributed by atoms with Crippen LogP contribution < -0.4 is 16.3 Å². The molecule has 0 aromatic carbocycles. The van der Waals surface area contributed by atoms with Gasteiger partial charge in [-0.1, -0.05) is 32.5 Å². The Morgan fingerprint density at radius 1 is 1.32 bits per heavy atom. The van der Waals surface area contributed by atoms with Crippen LogP contribution in [-0.2, 0) is 32.7 Å². The van der Waals surface area contributed by atoms with E-state index in [1.54, 1.807) is 34.6 Å². The van der Waals surface area contributed by atoms with E-state index in [0.717, 1.165) is 16.3 Å². The second-order valence-electron chi connectivity index (χ2n) is 9.89. The third-order valence-electron chi connectivity index (χ3n) is 5.01. The lowest BCUT2D eigenvalue weighted by Gasteiger charge is -2.24. The SMILES string of the molecule is CC(C)OC(=O)[C@H](C)N[P@](=O)(OCCSC(=O)C(C)(C)C)OC[C@@H]1C[C@H](Cl)[C@H](n2cc(F)c(=O)[nH]c2=O)O1. The van der Waals surface area contributed by atoms with Crippen molar-refractivity contribution in [2.24, 2.45) is 5.41 Å². The monoisotopic (exact) mass is 601 g/mol. The predicted molar refractivity (Wildman–Crippen MR) is 140 cm³/mol. The summed E-state index contributed by atoms with van der Waals surface area (Å²) in [7, 11) is -4.14. The molecule has 0 radical (unpaired) electrons. The molecule has 1 aromatic rings. The quantitative estimate of drug-likeness (QED) is 0.157. The molecular weight excluding hydrogens is 568 g/mol. The van der Waals surface area contributed by atoms with Crippen LogP contribution in [0, 0.1) is 11.2 Å². The normalized spacial score (nSPS) is 22.3. The Bertz CT molecular complexity index is 1160. The van der Waals surface area contributed by atoms with Crippen molar-refractivity contribution in [1.82, 2.24) is 14.6 Å². The highest BCUT2D eigenvalue weighted by atomic mass is 35.5. The molecule has 0 amide bonds. The molecule has 16 heteroatoms. The molecule has 216 valence electrons. The zero-order valence-electron chi connectivity index (χ0n) is 22.0. The molecular formula is C22H34ClFN3O9PS. The van der Waals surface area contributed by atoms with Crippen LogP contribution in [0.2, 0.25) is 0 Å². The molecule has 2 rings (SSSR count). The van der Waals surface area contributed by atoms with Gasteiger partial charge in [0.15, 0.2) is 11.3 Å². The number of hydrogen-bond acceptors (Lipinski definition) is 10. The molecule has 0 bridgehead atoms. The summed E-state index contributed by atoms with van der Waals surface area (Å²) >= 11 is 7.31. The van der Waals surface area contributed by atoms with Crippen molar-refractivity contribution in [2.45, 2.75) is 77.8 Å². The van der Waals surface area contributed by atoms with Gasteiger partial charge in [0, 0.05) is 11.2 Å². The molecule has 1 aliphatic rings. The van der Waals surface area contributed by atoms with Gasteiger partial charge in [-0.15, -0.1) is 11.6 Å². The van der Waals surface area contributed by atoms with E-state index in [4.69, 9.17) is 30.1 Å². The van der Waals surface area contributed by atoms with Gasteiger partial charge < -0.3 is 9.47 Å². The van der Waals surface area contributed by atoms with Crippen molar-refractivity contribution in [2.75, 3.05) is 19.0 Å². The van der Waals surface area contributed by atoms with Crippen LogP contribution in [0.4, 0.5) is 4.39 Å². The standard InChI is InChI=1S/C22H34ClFN3O9PS/c1-12(2)35-19(29)13(3)26-37(32,33-7-8-38-20(30)22(4,5)6)34-11-14-9-15(23)18(36-14)27-10-16(24)17(28)25-21(27)31/h10,12-15,18H,7-9,11H2,1-6H3,(H,26,32)(H,25,28,31)/t13-,14-,15-,18+,37-/m0/s1. The Morgan fingerprint density at radius 3 is 2.58 bits per heavy atom. The number of esters is 1. The second kappa shape index (κ2) is 13.7. The number of thioether (sulfide) groups is 1. The number of carbonyl (C=O) groups excluding carboxylic acids is 2. The number of nitrogens with zero attached hydrogens (tertiary/aromatic N) is 1. The van der Waals surface area contributed by atoms with Crippen LogP contribution in [0.5, 0.6) is 0 Å². The molecule has 5 atom stereocenters. The van der Waals surface area contributed by atoms with Gasteiger partial charge in [-0.25, -0.2) is 14.4 Å². The van der Waals surface area contributed by atoms with Gasteiger partial charge in [0.1, 0.15) is 6.04 Å². The highest BCUT2D eigenvalue weighted by Gasteiger charge is 2.39. The van der Waals surface area contributed by atoms with Crippen molar-refractivity contribution < 1.29 is 37.1 Å². The minimum atomic E-state index is -4.14. The predicted octanol–water partition coefficient (Wildman–Crippen LogP) is 2.95. The van der Waals surface area contributed by atoms with Crippen molar-refractivity contribution in [3.63, 3.8) is 0 Å². The van der Waals surface area contributed by atoms with Crippen molar-refractivity contribution in [3.8, 4) is 0 Å². The highest BCUT2D eigenvalue weighted by Crippen LogP contribution is 2.46. The molecule has 1 fully saturated rings. The van der Waals surface area contributed by atoms with Crippen LogP contribution in [0.3, 0.4) is 0 Å². The number of nitrogens with one attached hydrogen (secondary N) is 2. The van der Waals surface area contributed by atoms with Gasteiger partial charge in [0.2, 0.25) is 5.82 Å². The van der Waals surface area contributed by atoms with Gasteiger partial charge in [0.25, 0.3) is 5.56 Å². The number of ether oxygens (including phenoxy) is 2. The smallest absolute Gasteiger partial charge is 0.406 e. The summed E-state index contributed by atoms with van der Waals surface area (Å²) in [6.45, 7) is 9.61. The van der Waals surface area contributed by atoms with Crippen LogP contribution >= 0.6 is 31.1 Å². The number of halogens is 2. The largest absolute Gasteiger partial charge is 0.462 e. The average Bonchev–Trinajstić information content (AvgIpc) is 3.17. The van der Waals surface area contributed by atoms with E-state index in [2.05, 4.69) is 5.09 Å². The molecule has 0 aliphatic carbocycles. The Hall–Kier alpha value is -1.54. The first kappa shape index (κ1) is 32.7. The summed E-state index contributed by atoms with van der Waals surface area (Å²) in [6.07, 6.45) is -1.51. The molecule has 1 aliphatic heterocycles. The Morgan fingerprint density at radius 2 is 1.97 bits per heavy atom. The summed E-state index contributed by atoms with van der Waals surface area (Å²) < 4.78 is 49.9. The van der Waals surface area contributed by atoms with Crippen LogP contribution in [0.25, 0.3) is 0 Å². The molecule has 2 N–H and O–H groups in total. The van der Waals surface area contributed by atoms with Crippen LogP contribution in [0.1, 0.15) is 54.2 Å². The fourth-order valence-corrected chi connectivity index (χ4v) is 5.91. The number of carbonyl (C=O) groups is 2. The van der Waals surface area contributed by atoms with E-state index in [9.17, 15) is 28.1 Å². The van der Waals surface area contributed by atoms with E-state index in [1.165, 1.54) is 6.92 Å². The maximum absolute atomic E-state index is 13.7. The zero-order chi connectivity index (χ0) is 28.8. The molecule has 0 unspecified atom stereocenters. The molecule has 2 heterocycles. The molecule has 1 saturated heterocycles. The Balaban J connectivity index is 2.08. The molecule has 0 saturated carbocycles. The van der Waals surface area contributed by atoms with Gasteiger partial charge in [-0.2, -0.15) is 4.39 Å². The van der Waals surface area contributed by atoms with Crippen molar-refractivity contribution >= 4 is 42.2 Å². The molecule has 38 heavy (non-hydrogen) atoms. The number of hydrogen-bond donors (Lipinski definition) is 2. The maximum atomic E-state index is 13.7. The average molecular weight is 602 g/mol. The lowest BCUT2D eigenvalue weighted by Crippen LogP contribution is -2.36. The van der Waals surface area contributed by atoms with E-state index < -0.39 is 66.1 Å². The van der Waals surface area contributed by atoms with Gasteiger partial charge in [-0.05, 0) is 27.2 Å². The van der Waals surface area contributed by atoms with Gasteiger partial charge >= 0.3 is 19.4 Å². The number of alkyl halides is 1. The lowest BCUT2D eigenvalue weighted by molar-refractivity contribution is -0.149. The number of rotatable bonds is 12. The van der Waals surface area contributed by atoms with Gasteiger partial charge in [0.05, 0.1) is 37.0 Å². The van der Waals surface area contributed by atoms with Crippen LogP contribution in [0.15, 0.2) is 15.8 Å². The highest BCUT2D eigenvalue weighted by molar-refractivity contribution is 8.13. The fraction of sp³-hybridized carbons (Fsp3) is 0.727. The van der Waals surface area contributed by atoms with E-state index in [1.807, 2.05) is 4.98 Å². The molecule has 1 aromatic heterocycles. The van der Waals surface area contributed by atoms with Crippen molar-refractivity contribution in [1.29, 1.82) is 0 Å². The minimum absolute atomic E-state index is 0.0776. The topological polar surface area (TPSA) is 155 Å². The summed E-state index contributed by atoms with van der Waals surface area (Å²) in [5, 5.41) is 1.64. The fourth-order valence-electron chi connectivity index (χ4n) is 3.13. The summed E-state index contributed by atoms with van der Waals surface area (Å²) in [4.78, 5) is 49.6. The van der Waals surface area contributed by atoms with E-state index >= 15 is 0 Å². The second-order valence-corrected chi connectivity index (χ2v) is 13.3. The minimum Gasteiger partial charge on any atom is -0.462 e. The first-order chi connectivity index (χ1) is 17.5. The van der Waals surface area contributed by atoms with E-state index in [0.29, 0.717) is 6.20 Å². The van der Waals surface area contributed by atoms with Gasteiger partial charge in [-0.3, -0.25) is 33.0 Å². The first-order valence-corrected chi connectivity index (χ1v) is 14.8. The summed E-state index contributed by atoms with van der Waals surface area (Å²) in [5.74, 6) is -1.69. The molecule has 12 nitrogen and oxygen atoms in total. The lowest BCUT2D eigenvalue weighted by atomic mass is 10.00. The number of H-pyrrole nitrogens is 1. The van der Waals surface area contributed by atoms with Crippen molar-refractivity contribution in [3.05, 3.63) is 32.9 Å². The first-order valence-electron chi connectivity index (χ1n) is 11.9. The van der Waals surface area contributed by atoms with E-state index in [-0.39, 0.29) is 30.5 Å².